The monoisotopic (exact) mass is 267 g/mol. The second-order valence-corrected chi connectivity index (χ2v) is 6.00. The highest BCUT2D eigenvalue weighted by Gasteiger charge is 2.25. The largest absolute Gasteiger partial charge is 0.296 e. The summed E-state index contributed by atoms with van der Waals surface area (Å²) in [5.41, 5.74) is 3.30. The first-order valence-corrected chi connectivity index (χ1v) is 7.32. The molecule has 0 radical (unpaired) electrons. The molecular weight excluding hydrogens is 246 g/mol. The molecule has 2 rings (SSSR count). The number of nitrogen functional groups attached to an aromatic ring is 1. The molecule has 0 bridgehead atoms. The molecule has 2 heterocycles. The summed E-state index contributed by atoms with van der Waals surface area (Å²) in [5.74, 6) is 5.75. The van der Waals surface area contributed by atoms with Crippen molar-refractivity contribution in [1.29, 1.82) is 0 Å². The van der Waals surface area contributed by atoms with Gasteiger partial charge in [0.05, 0.1) is 4.88 Å². The van der Waals surface area contributed by atoms with Gasteiger partial charge in [-0.15, -0.1) is 11.3 Å². The Morgan fingerprint density at radius 3 is 3.11 bits per heavy atom. The number of carbonyl (C=O) groups is 1. The number of nitrogens with one attached hydrogen (secondary N) is 1. The van der Waals surface area contributed by atoms with Crippen molar-refractivity contribution < 1.29 is 4.79 Å². The molecule has 1 saturated heterocycles. The van der Waals surface area contributed by atoms with Crippen LogP contribution in [-0.4, -0.2) is 23.4 Å². The highest BCUT2D eigenvalue weighted by atomic mass is 32.1. The van der Waals surface area contributed by atoms with Crippen molar-refractivity contribution in [3.8, 4) is 0 Å². The first kappa shape index (κ1) is 13.5. The van der Waals surface area contributed by atoms with E-state index in [1.807, 2.05) is 11.4 Å². The van der Waals surface area contributed by atoms with Crippen molar-refractivity contribution in [2.75, 3.05) is 6.54 Å². The van der Waals surface area contributed by atoms with Gasteiger partial charge in [-0.1, -0.05) is 6.92 Å². The number of hydrazine groups is 1. The van der Waals surface area contributed by atoms with E-state index in [0.717, 1.165) is 29.4 Å². The van der Waals surface area contributed by atoms with Crippen molar-refractivity contribution in [2.24, 2.45) is 11.8 Å². The van der Waals surface area contributed by atoms with Gasteiger partial charge in [-0.25, -0.2) is 5.84 Å². The van der Waals surface area contributed by atoms with Crippen molar-refractivity contribution in [1.82, 2.24) is 10.3 Å². The van der Waals surface area contributed by atoms with Crippen molar-refractivity contribution in [3.63, 3.8) is 0 Å². The summed E-state index contributed by atoms with van der Waals surface area (Å²) >= 11 is 1.45. The fourth-order valence-electron chi connectivity index (χ4n) is 2.59. The van der Waals surface area contributed by atoms with Gasteiger partial charge < -0.3 is 0 Å². The van der Waals surface area contributed by atoms with Crippen LogP contribution in [0.2, 0.25) is 0 Å². The third-order valence-corrected chi connectivity index (χ3v) is 4.92. The normalized spacial score (nSPS) is 25.1. The van der Waals surface area contributed by atoms with Crippen molar-refractivity contribution in [2.45, 2.75) is 39.3 Å². The molecule has 18 heavy (non-hydrogen) atoms. The van der Waals surface area contributed by atoms with E-state index in [9.17, 15) is 4.79 Å². The van der Waals surface area contributed by atoms with E-state index in [-0.39, 0.29) is 5.91 Å². The third-order valence-electron chi connectivity index (χ3n) is 3.96. The fourth-order valence-corrected chi connectivity index (χ4v) is 3.41. The van der Waals surface area contributed by atoms with E-state index in [1.54, 1.807) is 0 Å². The van der Waals surface area contributed by atoms with Crippen LogP contribution in [0, 0.1) is 5.92 Å². The summed E-state index contributed by atoms with van der Waals surface area (Å²) in [5, 5.41) is 1.96. The second-order valence-electron chi connectivity index (χ2n) is 5.08. The van der Waals surface area contributed by atoms with Crippen LogP contribution < -0.4 is 11.3 Å². The lowest BCUT2D eigenvalue weighted by Gasteiger charge is -2.37. The van der Waals surface area contributed by atoms with Gasteiger partial charge in [0.2, 0.25) is 0 Å². The Morgan fingerprint density at radius 2 is 2.39 bits per heavy atom. The van der Waals surface area contributed by atoms with E-state index in [2.05, 4.69) is 24.2 Å². The highest BCUT2D eigenvalue weighted by molar-refractivity contribution is 7.12. The molecule has 1 amide bonds. The van der Waals surface area contributed by atoms with Crippen molar-refractivity contribution in [3.05, 3.63) is 21.9 Å². The van der Waals surface area contributed by atoms with Gasteiger partial charge in [0.15, 0.2) is 0 Å². The average Bonchev–Trinajstić information content (AvgIpc) is 2.82. The molecule has 0 spiro atoms. The SMILES string of the molecule is CC1CCCN(Cc2ccsc2C(=O)NN)C1C. The van der Waals surface area contributed by atoms with E-state index in [4.69, 9.17) is 5.84 Å². The second kappa shape index (κ2) is 5.82. The molecule has 1 aliphatic heterocycles. The predicted molar refractivity (Wildman–Crippen MR) is 74.2 cm³/mol. The molecule has 4 nitrogen and oxygen atoms in total. The number of nitrogens with two attached hydrogens (primary N) is 1. The molecule has 2 atom stereocenters. The number of piperidine rings is 1. The first-order valence-electron chi connectivity index (χ1n) is 6.45. The summed E-state index contributed by atoms with van der Waals surface area (Å²) in [6.45, 7) is 6.54. The molecule has 5 heteroatoms. The summed E-state index contributed by atoms with van der Waals surface area (Å²) < 4.78 is 0. The zero-order valence-corrected chi connectivity index (χ0v) is 11.8. The minimum absolute atomic E-state index is 0.183. The van der Waals surface area contributed by atoms with Gasteiger partial charge in [-0.2, -0.15) is 0 Å². The smallest absolute Gasteiger partial charge is 0.275 e. The maximum Gasteiger partial charge on any atom is 0.275 e. The van der Waals surface area contributed by atoms with Crippen LogP contribution in [0.4, 0.5) is 0 Å². The average molecular weight is 267 g/mol. The maximum absolute atomic E-state index is 11.6. The van der Waals surface area contributed by atoms with E-state index >= 15 is 0 Å². The lowest BCUT2D eigenvalue weighted by atomic mass is 9.92. The van der Waals surface area contributed by atoms with Gasteiger partial charge in [0, 0.05) is 12.6 Å². The van der Waals surface area contributed by atoms with Crippen LogP contribution in [0.3, 0.4) is 0 Å². The molecule has 3 N–H and O–H groups in total. The summed E-state index contributed by atoms with van der Waals surface area (Å²) in [6.07, 6.45) is 2.55. The lowest BCUT2D eigenvalue weighted by molar-refractivity contribution is 0.0943. The number of rotatable bonds is 3. The highest BCUT2D eigenvalue weighted by Crippen LogP contribution is 2.26. The molecule has 2 unspecified atom stereocenters. The molecular formula is C13H21N3OS. The summed E-state index contributed by atoms with van der Waals surface area (Å²) in [6, 6.07) is 2.61. The molecule has 1 aliphatic rings. The van der Waals surface area contributed by atoms with Crippen LogP contribution in [0.1, 0.15) is 41.9 Å². The van der Waals surface area contributed by atoms with Gasteiger partial charge >= 0.3 is 0 Å². The Bertz CT molecular complexity index is 418. The van der Waals surface area contributed by atoms with Crippen LogP contribution in [0.15, 0.2) is 11.4 Å². The minimum Gasteiger partial charge on any atom is -0.296 e. The molecule has 0 aliphatic carbocycles. The number of carbonyl (C=O) groups excluding carboxylic acids is 1. The van der Waals surface area contributed by atoms with Gasteiger partial charge in [0.1, 0.15) is 0 Å². The van der Waals surface area contributed by atoms with Crippen LogP contribution in [0.25, 0.3) is 0 Å². The Balaban J connectivity index is 2.09. The molecule has 1 fully saturated rings. The molecule has 1 aromatic heterocycles. The summed E-state index contributed by atoms with van der Waals surface area (Å²) in [7, 11) is 0. The van der Waals surface area contributed by atoms with E-state index in [1.165, 1.54) is 24.2 Å². The summed E-state index contributed by atoms with van der Waals surface area (Å²) in [4.78, 5) is 14.8. The number of nitrogens with zero attached hydrogens (tertiary/aromatic N) is 1. The third kappa shape index (κ3) is 2.74. The van der Waals surface area contributed by atoms with E-state index < -0.39 is 0 Å². The van der Waals surface area contributed by atoms with Crippen LogP contribution in [0.5, 0.6) is 0 Å². The minimum atomic E-state index is -0.183. The number of likely N-dealkylation sites (tertiary alicyclic amines) is 1. The first-order chi connectivity index (χ1) is 8.63. The zero-order valence-electron chi connectivity index (χ0n) is 11.0. The van der Waals surface area contributed by atoms with Crippen molar-refractivity contribution >= 4 is 17.2 Å². The van der Waals surface area contributed by atoms with Gasteiger partial charge in [-0.3, -0.25) is 15.1 Å². The quantitative estimate of drug-likeness (QED) is 0.500. The molecule has 1 aromatic rings. The fraction of sp³-hybridized carbons (Fsp3) is 0.615. The Labute approximate surface area is 112 Å². The van der Waals surface area contributed by atoms with Gasteiger partial charge in [0.25, 0.3) is 5.91 Å². The number of hydrogen-bond donors (Lipinski definition) is 2. The molecule has 0 saturated carbocycles. The van der Waals surface area contributed by atoms with Gasteiger partial charge in [-0.05, 0) is 49.2 Å². The standard InChI is InChI=1S/C13H21N3OS/c1-9-4-3-6-16(10(9)2)8-11-5-7-18-12(11)13(17)15-14/h5,7,9-10H,3-4,6,8,14H2,1-2H3,(H,15,17). The number of hydrogen-bond acceptors (Lipinski definition) is 4. The zero-order chi connectivity index (χ0) is 13.1. The molecule has 0 aromatic carbocycles. The number of thiophene rings is 1. The Hall–Kier alpha value is -0.910. The predicted octanol–water partition coefficient (Wildman–Crippen LogP) is 1.97. The lowest BCUT2D eigenvalue weighted by Crippen LogP contribution is -2.42. The Kier molecular flexibility index (Phi) is 4.37. The van der Waals surface area contributed by atoms with Crippen LogP contribution in [-0.2, 0) is 6.54 Å². The molecule has 100 valence electrons. The topological polar surface area (TPSA) is 58.4 Å². The maximum atomic E-state index is 11.6. The van der Waals surface area contributed by atoms with E-state index in [0.29, 0.717) is 6.04 Å². The number of amides is 1. The Morgan fingerprint density at radius 1 is 1.61 bits per heavy atom. The van der Waals surface area contributed by atoms with Crippen LogP contribution >= 0.6 is 11.3 Å².